The van der Waals surface area contributed by atoms with Crippen LogP contribution in [0.15, 0.2) is 46.9 Å². The molecule has 0 aromatic heterocycles. The summed E-state index contributed by atoms with van der Waals surface area (Å²) in [7, 11) is 0. The maximum absolute atomic E-state index is 10.9. The smallest absolute Gasteiger partial charge is 0.294 e. The van der Waals surface area contributed by atoms with Crippen molar-refractivity contribution in [1.82, 2.24) is 0 Å². The van der Waals surface area contributed by atoms with Gasteiger partial charge in [-0.3, -0.25) is 10.1 Å². The molecule has 0 amide bonds. The zero-order valence-electron chi connectivity index (χ0n) is 9.13. The van der Waals surface area contributed by atoms with Crippen LogP contribution in [0, 0.1) is 10.1 Å². The van der Waals surface area contributed by atoms with E-state index in [0.29, 0.717) is 5.69 Å². The molecule has 2 N–H and O–H groups in total. The monoisotopic (exact) mass is 308 g/mol. The average molecular weight is 309 g/mol. The Bertz CT molecular complexity index is 587. The summed E-state index contributed by atoms with van der Waals surface area (Å²) >= 11 is 3.14. The van der Waals surface area contributed by atoms with Crippen LogP contribution in [-0.4, -0.2) is 10.0 Å². The van der Waals surface area contributed by atoms with E-state index in [1.165, 1.54) is 12.1 Å². The predicted molar refractivity (Wildman–Crippen MR) is 72.2 cm³/mol. The first-order valence-electron chi connectivity index (χ1n) is 5.07. The number of hydrogen-bond donors (Lipinski definition) is 2. The second-order valence-electron chi connectivity index (χ2n) is 3.54. The van der Waals surface area contributed by atoms with Crippen LogP contribution in [0.4, 0.5) is 17.1 Å². The van der Waals surface area contributed by atoms with Crippen molar-refractivity contribution in [2.45, 2.75) is 0 Å². The number of nitro benzene ring substituents is 1. The van der Waals surface area contributed by atoms with Crippen molar-refractivity contribution in [2.75, 3.05) is 5.32 Å². The van der Waals surface area contributed by atoms with Gasteiger partial charge in [0.25, 0.3) is 5.69 Å². The van der Waals surface area contributed by atoms with Gasteiger partial charge in [0, 0.05) is 11.8 Å². The molecule has 0 aliphatic carbocycles. The largest absolute Gasteiger partial charge is 0.507 e. The molecule has 0 aliphatic heterocycles. The van der Waals surface area contributed by atoms with Gasteiger partial charge in [-0.1, -0.05) is 18.2 Å². The first-order chi connectivity index (χ1) is 8.59. The number of para-hydroxylation sites is 1. The van der Waals surface area contributed by atoms with Crippen LogP contribution >= 0.6 is 15.9 Å². The third-order valence-electron chi connectivity index (χ3n) is 2.34. The van der Waals surface area contributed by atoms with Gasteiger partial charge in [0.2, 0.25) is 0 Å². The Labute approximate surface area is 111 Å². The molecule has 0 unspecified atom stereocenters. The Morgan fingerprint density at radius 1 is 1.17 bits per heavy atom. The fourth-order valence-corrected chi connectivity index (χ4v) is 1.93. The number of anilines is 2. The van der Waals surface area contributed by atoms with Crippen molar-refractivity contribution in [3.63, 3.8) is 0 Å². The van der Waals surface area contributed by atoms with Gasteiger partial charge in [-0.2, -0.15) is 0 Å². The summed E-state index contributed by atoms with van der Waals surface area (Å²) in [6.45, 7) is 0. The topological polar surface area (TPSA) is 75.4 Å². The Hall–Kier alpha value is -2.08. The van der Waals surface area contributed by atoms with Crippen LogP contribution < -0.4 is 5.32 Å². The Morgan fingerprint density at radius 2 is 1.83 bits per heavy atom. The van der Waals surface area contributed by atoms with Crippen LogP contribution in [0.5, 0.6) is 5.75 Å². The van der Waals surface area contributed by atoms with E-state index in [0.717, 1.165) is 0 Å². The molecule has 0 aliphatic rings. The van der Waals surface area contributed by atoms with Gasteiger partial charge in [0.15, 0.2) is 0 Å². The minimum atomic E-state index is -0.504. The zero-order chi connectivity index (χ0) is 13.1. The molecule has 0 saturated heterocycles. The molecule has 5 nitrogen and oxygen atoms in total. The molecule has 0 radical (unpaired) electrons. The second-order valence-corrected chi connectivity index (χ2v) is 4.33. The summed E-state index contributed by atoms with van der Waals surface area (Å²) in [5.74, 6) is -0.0565. The number of benzene rings is 2. The van der Waals surface area contributed by atoms with Crippen molar-refractivity contribution < 1.29 is 10.0 Å². The minimum Gasteiger partial charge on any atom is -0.507 e. The molecule has 0 atom stereocenters. The normalized spacial score (nSPS) is 10.1. The summed E-state index contributed by atoms with van der Waals surface area (Å²) in [5, 5.41) is 23.4. The minimum absolute atomic E-state index is 0.0565. The van der Waals surface area contributed by atoms with Crippen molar-refractivity contribution in [3.05, 3.63) is 57.1 Å². The summed E-state index contributed by atoms with van der Waals surface area (Å²) in [6.07, 6.45) is 0. The van der Waals surface area contributed by atoms with E-state index >= 15 is 0 Å². The summed E-state index contributed by atoms with van der Waals surface area (Å²) in [4.78, 5) is 10.4. The molecule has 6 heteroatoms. The van der Waals surface area contributed by atoms with E-state index in [2.05, 4.69) is 21.2 Å². The number of phenolic OH excluding ortho intramolecular Hbond substituents is 1. The van der Waals surface area contributed by atoms with Gasteiger partial charge in [-0.15, -0.1) is 0 Å². The zero-order valence-corrected chi connectivity index (χ0v) is 10.7. The van der Waals surface area contributed by atoms with Gasteiger partial charge in [0.1, 0.15) is 11.4 Å². The van der Waals surface area contributed by atoms with E-state index < -0.39 is 4.92 Å². The fraction of sp³-hybridized carbons (Fsp3) is 0. The fourth-order valence-electron chi connectivity index (χ4n) is 1.49. The lowest BCUT2D eigenvalue weighted by Gasteiger charge is -2.10. The highest BCUT2D eigenvalue weighted by Crippen LogP contribution is 2.40. The van der Waals surface area contributed by atoms with E-state index in [-0.39, 0.29) is 21.6 Å². The quantitative estimate of drug-likeness (QED) is 0.668. The molecular formula is C12H9BrN2O3. The highest BCUT2D eigenvalue weighted by atomic mass is 79.9. The summed E-state index contributed by atoms with van der Waals surface area (Å²) in [5.41, 5.74) is 0.821. The Morgan fingerprint density at radius 3 is 2.44 bits per heavy atom. The van der Waals surface area contributed by atoms with Crippen LogP contribution in [0.3, 0.4) is 0 Å². The van der Waals surface area contributed by atoms with E-state index in [1.54, 1.807) is 12.1 Å². The van der Waals surface area contributed by atoms with E-state index in [4.69, 9.17) is 0 Å². The van der Waals surface area contributed by atoms with Gasteiger partial charge in [-0.05, 0) is 34.1 Å². The predicted octanol–water partition coefficient (Wildman–Crippen LogP) is 3.81. The number of halogens is 1. The van der Waals surface area contributed by atoms with Crippen molar-refractivity contribution in [3.8, 4) is 5.75 Å². The molecule has 0 saturated carbocycles. The maximum Gasteiger partial charge on any atom is 0.294 e. The molecule has 0 spiro atoms. The molecular weight excluding hydrogens is 300 g/mol. The number of nitrogens with zero attached hydrogens (tertiary/aromatic N) is 1. The van der Waals surface area contributed by atoms with Crippen LogP contribution in [-0.2, 0) is 0 Å². The van der Waals surface area contributed by atoms with Crippen LogP contribution in [0.1, 0.15) is 0 Å². The highest BCUT2D eigenvalue weighted by molar-refractivity contribution is 9.10. The number of hydrogen-bond acceptors (Lipinski definition) is 4. The average Bonchev–Trinajstić information content (AvgIpc) is 2.36. The Kier molecular flexibility index (Phi) is 3.47. The maximum atomic E-state index is 10.9. The van der Waals surface area contributed by atoms with E-state index in [9.17, 15) is 15.2 Å². The molecule has 0 bridgehead atoms. The van der Waals surface area contributed by atoms with Gasteiger partial charge in [-0.25, -0.2) is 0 Å². The van der Waals surface area contributed by atoms with Crippen molar-refractivity contribution >= 4 is 33.0 Å². The van der Waals surface area contributed by atoms with Gasteiger partial charge < -0.3 is 10.4 Å². The first-order valence-corrected chi connectivity index (χ1v) is 5.87. The summed E-state index contributed by atoms with van der Waals surface area (Å²) in [6, 6.07) is 11.6. The molecule has 2 rings (SSSR count). The molecule has 92 valence electrons. The number of nitrogens with one attached hydrogen (secondary N) is 1. The van der Waals surface area contributed by atoms with Crippen LogP contribution in [0.2, 0.25) is 0 Å². The standard InChI is InChI=1S/C12H9BrN2O3/c13-11-10(16)7-6-9(15(17)18)12(11)14-8-4-2-1-3-5-8/h1-7,14,16H. The molecule has 0 heterocycles. The van der Waals surface area contributed by atoms with Crippen LogP contribution in [0.25, 0.3) is 0 Å². The number of phenols is 1. The van der Waals surface area contributed by atoms with Crippen molar-refractivity contribution in [2.24, 2.45) is 0 Å². The van der Waals surface area contributed by atoms with Crippen molar-refractivity contribution in [1.29, 1.82) is 0 Å². The first kappa shape index (κ1) is 12.4. The number of rotatable bonds is 3. The third kappa shape index (κ3) is 2.43. The highest BCUT2D eigenvalue weighted by Gasteiger charge is 2.19. The molecule has 0 fully saturated rings. The molecule has 2 aromatic carbocycles. The lowest BCUT2D eigenvalue weighted by molar-refractivity contribution is -0.384. The van der Waals surface area contributed by atoms with Gasteiger partial charge in [0.05, 0.1) is 9.40 Å². The number of nitro groups is 1. The molecule has 2 aromatic rings. The Balaban J connectivity index is 2.48. The number of aromatic hydroxyl groups is 1. The SMILES string of the molecule is O=[N+]([O-])c1ccc(O)c(Br)c1Nc1ccccc1. The van der Waals surface area contributed by atoms with E-state index in [1.807, 2.05) is 18.2 Å². The second kappa shape index (κ2) is 5.05. The lowest BCUT2D eigenvalue weighted by Crippen LogP contribution is -1.98. The lowest BCUT2D eigenvalue weighted by atomic mass is 10.2. The third-order valence-corrected chi connectivity index (χ3v) is 3.14. The summed E-state index contributed by atoms with van der Waals surface area (Å²) < 4.78 is 0.264. The van der Waals surface area contributed by atoms with Gasteiger partial charge >= 0.3 is 0 Å². The molecule has 18 heavy (non-hydrogen) atoms.